The van der Waals surface area contributed by atoms with Gasteiger partial charge in [0.15, 0.2) is 0 Å². The van der Waals surface area contributed by atoms with Gasteiger partial charge in [0.05, 0.1) is 12.3 Å². The van der Waals surface area contributed by atoms with Gasteiger partial charge in [-0.1, -0.05) is 24.3 Å². The lowest BCUT2D eigenvalue weighted by Gasteiger charge is -2.24. The van der Waals surface area contributed by atoms with E-state index in [0.717, 1.165) is 15.3 Å². The first-order chi connectivity index (χ1) is 11.9. The number of benzene rings is 2. The Kier molecular flexibility index (Phi) is 2.94. The molecule has 1 aliphatic heterocycles. The van der Waals surface area contributed by atoms with E-state index in [-0.39, 0.29) is 18.7 Å². The van der Waals surface area contributed by atoms with Crippen molar-refractivity contribution in [3.63, 3.8) is 0 Å². The zero-order valence-electron chi connectivity index (χ0n) is 14.0. The predicted molar refractivity (Wildman–Crippen MR) is 89.7 cm³/mol. The number of hydrogen-bond donors (Lipinski definition) is 1. The summed E-state index contributed by atoms with van der Waals surface area (Å²) < 4.78 is 9.63. The minimum Gasteiger partial charge on any atom is -0.295 e. The summed E-state index contributed by atoms with van der Waals surface area (Å²) in [7, 11) is 0. The molecule has 2 aromatic carbocycles. The van der Waals surface area contributed by atoms with Crippen LogP contribution >= 0.6 is 0 Å². The van der Waals surface area contributed by atoms with Crippen molar-refractivity contribution in [1.82, 2.24) is 14.9 Å². The Hall–Kier alpha value is -3.02. The number of hydrogen-bond acceptors (Lipinski definition) is 4. The van der Waals surface area contributed by atoms with Crippen LogP contribution in [0.25, 0.3) is 21.7 Å². The van der Waals surface area contributed by atoms with Gasteiger partial charge in [-0.2, -0.15) is 0 Å². The largest absolute Gasteiger partial charge is 0.295 e. The van der Waals surface area contributed by atoms with E-state index in [4.69, 9.17) is 1.37 Å². The van der Waals surface area contributed by atoms with E-state index in [9.17, 15) is 14.4 Å². The second-order valence-electron chi connectivity index (χ2n) is 5.84. The smallest absolute Gasteiger partial charge is 0.262 e. The van der Waals surface area contributed by atoms with Crippen molar-refractivity contribution >= 4 is 33.5 Å². The van der Waals surface area contributed by atoms with Crippen LogP contribution in [-0.2, 0) is 9.59 Å². The number of aryl methyl sites for hydroxylation is 1. The summed E-state index contributed by atoms with van der Waals surface area (Å²) in [6.45, 7) is 1.59. The normalized spacial score (nSPS) is 21.8. The number of rotatable bonds is 1. The number of imide groups is 1. The average molecular weight is 322 g/mol. The highest BCUT2D eigenvalue weighted by Gasteiger charge is 2.30. The van der Waals surface area contributed by atoms with Gasteiger partial charge in [-0.3, -0.25) is 24.3 Å². The number of carbonyl (C=O) groups excluding carboxylic acids is 2. The lowest BCUT2D eigenvalue weighted by atomic mass is 10.0. The fourth-order valence-electron chi connectivity index (χ4n) is 3.12. The van der Waals surface area contributed by atoms with E-state index >= 15 is 0 Å². The quantitative estimate of drug-likeness (QED) is 0.547. The van der Waals surface area contributed by atoms with Gasteiger partial charge in [-0.15, -0.1) is 0 Å². The van der Waals surface area contributed by atoms with Crippen LogP contribution in [0.3, 0.4) is 0 Å². The van der Waals surface area contributed by atoms with Crippen LogP contribution in [0, 0.1) is 6.92 Å². The molecule has 6 nitrogen and oxygen atoms in total. The second kappa shape index (κ2) is 5.26. The van der Waals surface area contributed by atoms with Crippen molar-refractivity contribution in [2.24, 2.45) is 0 Å². The molecule has 1 atom stereocenters. The molecule has 0 saturated carbocycles. The number of fused-ring (bicyclic) bond motifs is 2. The standard InChI is InChI=1S/C18H15N3O3/c1-10-19-14-9-12-5-3-2-4-11(12)8-13(14)18(24)21(10)15-6-7-16(22)20-17(15)23/h2-5,8-9,15H,6-7H2,1H3,(H,20,22,23)/t15-/m0/s1/i15D. The van der Waals surface area contributed by atoms with Crippen LogP contribution < -0.4 is 10.9 Å². The zero-order valence-corrected chi connectivity index (χ0v) is 13.0. The molecule has 6 heteroatoms. The molecule has 1 saturated heterocycles. The van der Waals surface area contributed by atoms with Gasteiger partial charge in [0.25, 0.3) is 5.56 Å². The van der Waals surface area contributed by atoms with Gasteiger partial charge in [-0.25, -0.2) is 4.98 Å². The molecule has 1 aliphatic rings. The van der Waals surface area contributed by atoms with Crippen LogP contribution in [-0.4, -0.2) is 21.4 Å². The van der Waals surface area contributed by atoms with Crippen molar-refractivity contribution in [3.05, 3.63) is 52.6 Å². The zero-order chi connectivity index (χ0) is 17.8. The van der Waals surface area contributed by atoms with Gasteiger partial charge in [0, 0.05) is 6.42 Å². The number of nitrogens with one attached hydrogen (secondary N) is 1. The molecule has 0 radical (unpaired) electrons. The summed E-state index contributed by atoms with van der Waals surface area (Å²) in [5.74, 6) is -0.957. The Morgan fingerprint density at radius 1 is 1.21 bits per heavy atom. The maximum Gasteiger partial charge on any atom is 0.262 e. The summed E-state index contributed by atoms with van der Waals surface area (Å²) in [5.41, 5.74) is 0.0705. The van der Waals surface area contributed by atoms with Gasteiger partial charge < -0.3 is 0 Å². The third kappa shape index (κ3) is 2.19. The molecular weight excluding hydrogens is 306 g/mol. The summed E-state index contributed by atoms with van der Waals surface area (Å²) in [6.07, 6.45) is -0.0456. The average Bonchev–Trinajstić information content (AvgIpc) is 2.57. The third-order valence-corrected chi connectivity index (χ3v) is 4.28. The molecule has 0 aliphatic carbocycles. The molecule has 2 amide bonds. The van der Waals surface area contributed by atoms with Crippen molar-refractivity contribution in [3.8, 4) is 0 Å². The van der Waals surface area contributed by atoms with Crippen molar-refractivity contribution < 1.29 is 11.0 Å². The molecule has 0 bridgehead atoms. The van der Waals surface area contributed by atoms with Crippen LogP contribution in [0.15, 0.2) is 41.2 Å². The minimum absolute atomic E-state index is 0.0108. The van der Waals surface area contributed by atoms with Crippen molar-refractivity contribution in [1.29, 1.82) is 0 Å². The number of nitrogens with zero attached hydrogens (tertiary/aromatic N) is 2. The fraction of sp³-hybridized carbons (Fsp3) is 0.222. The molecular formula is C18H15N3O3. The lowest BCUT2D eigenvalue weighted by molar-refractivity contribution is -0.135. The highest BCUT2D eigenvalue weighted by atomic mass is 16.2. The highest BCUT2D eigenvalue weighted by Crippen LogP contribution is 2.23. The SMILES string of the molecule is [2H][C@]1(n2c(C)nc3cc4ccccc4cc3c2=O)CCC(=O)NC1=O. The van der Waals surface area contributed by atoms with Crippen molar-refractivity contribution in [2.45, 2.75) is 25.8 Å². The van der Waals surface area contributed by atoms with Gasteiger partial charge >= 0.3 is 0 Å². The van der Waals surface area contributed by atoms with Crippen LogP contribution in [0.2, 0.25) is 0 Å². The molecule has 24 heavy (non-hydrogen) atoms. The molecule has 2 heterocycles. The summed E-state index contributed by atoms with van der Waals surface area (Å²) >= 11 is 0. The number of amides is 2. The number of aromatic nitrogens is 2. The van der Waals surface area contributed by atoms with Crippen LogP contribution in [0.5, 0.6) is 0 Å². The Labute approximate surface area is 138 Å². The molecule has 120 valence electrons. The summed E-state index contributed by atoms with van der Waals surface area (Å²) in [5, 5.41) is 4.34. The fourth-order valence-corrected chi connectivity index (χ4v) is 3.12. The Bertz CT molecular complexity index is 1120. The third-order valence-electron chi connectivity index (χ3n) is 4.28. The maximum atomic E-state index is 13.1. The van der Waals surface area contributed by atoms with E-state index < -0.39 is 23.4 Å². The predicted octanol–water partition coefficient (Wildman–Crippen LogP) is 1.84. The number of carbonyl (C=O) groups is 2. The Morgan fingerprint density at radius 3 is 2.62 bits per heavy atom. The van der Waals surface area contributed by atoms with Crippen LogP contribution in [0.1, 0.15) is 26.1 Å². The second-order valence-corrected chi connectivity index (χ2v) is 5.84. The van der Waals surface area contributed by atoms with Crippen LogP contribution in [0.4, 0.5) is 0 Å². The summed E-state index contributed by atoms with van der Waals surface area (Å²) in [4.78, 5) is 41.2. The minimum atomic E-state index is -1.87. The molecule has 1 N–H and O–H groups in total. The topological polar surface area (TPSA) is 81.1 Å². The van der Waals surface area contributed by atoms with E-state index in [2.05, 4.69) is 10.3 Å². The first kappa shape index (κ1) is 13.4. The molecule has 4 rings (SSSR count). The van der Waals surface area contributed by atoms with E-state index in [1.165, 1.54) is 0 Å². The van der Waals surface area contributed by atoms with Crippen molar-refractivity contribution in [2.75, 3.05) is 0 Å². The Balaban J connectivity index is 2.02. The maximum absolute atomic E-state index is 13.1. The Morgan fingerprint density at radius 2 is 1.92 bits per heavy atom. The molecule has 3 aromatic rings. The molecule has 1 aromatic heterocycles. The van der Waals surface area contributed by atoms with Gasteiger partial charge in [0.2, 0.25) is 11.8 Å². The molecule has 0 unspecified atom stereocenters. The first-order valence-corrected chi connectivity index (χ1v) is 7.67. The van der Waals surface area contributed by atoms with Gasteiger partial charge in [0.1, 0.15) is 11.8 Å². The molecule has 1 fully saturated rings. The highest BCUT2D eigenvalue weighted by molar-refractivity contribution is 6.00. The van der Waals surface area contributed by atoms with E-state index in [1.54, 1.807) is 13.0 Å². The number of piperidine rings is 1. The van der Waals surface area contributed by atoms with E-state index in [0.29, 0.717) is 10.9 Å². The lowest BCUT2D eigenvalue weighted by Crippen LogP contribution is -2.45. The van der Waals surface area contributed by atoms with E-state index in [1.807, 2.05) is 30.3 Å². The summed E-state index contributed by atoms with van der Waals surface area (Å²) in [6, 6.07) is 9.28. The first-order valence-electron chi connectivity index (χ1n) is 8.17. The monoisotopic (exact) mass is 322 g/mol. The molecule has 0 spiro atoms. The van der Waals surface area contributed by atoms with Gasteiger partial charge in [-0.05, 0) is 36.2 Å².